The van der Waals surface area contributed by atoms with Crippen molar-refractivity contribution in [3.05, 3.63) is 12.2 Å². The second kappa shape index (κ2) is 3.42. The first kappa shape index (κ1) is 11.4. The molecule has 2 aliphatic carbocycles. The van der Waals surface area contributed by atoms with Crippen LogP contribution in [0.1, 0.15) is 40.0 Å². The maximum Gasteiger partial charge on any atom is 0.187 e. The fourth-order valence-electron chi connectivity index (χ4n) is 3.98. The van der Waals surface area contributed by atoms with Gasteiger partial charge < -0.3 is 0 Å². The Balaban J connectivity index is 2.10. The van der Waals surface area contributed by atoms with Gasteiger partial charge in [-0.2, -0.15) is 0 Å². The van der Waals surface area contributed by atoms with Gasteiger partial charge in [-0.15, -0.1) is 0 Å². The molecule has 4 aliphatic rings. The molecule has 0 N–H and O–H groups in total. The lowest BCUT2D eigenvalue weighted by Gasteiger charge is -2.48. The van der Waals surface area contributed by atoms with E-state index < -0.39 is 6.10 Å². The van der Waals surface area contributed by atoms with Crippen LogP contribution in [0.5, 0.6) is 0 Å². The zero-order valence-electron chi connectivity index (χ0n) is 10.7. The third kappa shape index (κ3) is 1.33. The molecule has 0 unspecified atom stereocenters. The molecule has 0 aromatic rings. The molecule has 1 saturated carbocycles. The van der Waals surface area contributed by atoms with E-state index in [9.17, 15) is 4.79 Å². The summed E-state index contributed by atoms with van der Waals surface area (Å²) in [7, 11) is 0. The number of rotatable bonds is 1. The Morgan fingerprint density at radius 2 is 2.24 bits per heavy atom. The van der Waals surface area contributed by atoms with Gasteiger partial charge in [0.25, 0.3) is 0 Å². The van der Waals surface area contributed by atoms with Gasteiger partial charge in [-0.05, 0) is 43.3 Å². The molecule has 0 amide bonds. The van der Waals surface area contributed by atoms with E-state index in [4.69, 9.17) is 9.78 Å². The number of carbonyl (C=O) groups is 1. The van der Waals surface area contributed by atoms with Crippen LogP contribution in [0.25, 0.3) is 0 Å². The maximum absolute atomic E-state index is 11.8. The van der Waals surface area contributed by atoms with Crippen LogP contribution in [0.4, 0.5) is 0 Å². The first-order valence-electron chi connectivity index (χ1n) is 6.56. The SMILES string of the molecule is CC(C)[C@H]1CC[C@]2(C)C[C@@H]3OO[C@]12C=CC3=O. The summed E-state index contributed by atoms with van der Waals surface area (Å²) in [5.41, 5.74) is -0.336. The Bertz CT molecular complexity index is 387. The Kier molecular flexibility index (Phi) is 2.30. The topological polar surface area (TPSA) is 35.5 Å². The largest absolute Gasteiger partial charge is 0.292 e. The fraction of sp³-hybridized carbons (Fsp3) is 0.786. The highest BCUT2D eigenvalue weighted by Gasteiger charge is 2.63. The highest BCUT2D eigenvalue weighted by atomic mass is 17.2. The highest BCUT2D eigenvalue weighted by Crippen LogP contribution is 2.60. The molecular formula is C14H20O3. The van der Waals surface area contributed by atoms with Gasteiger partial charge in [0.1, 0.15) is 5.60 Å². The minimum absolute atomic E-state index is 0.0491. The molecule has 1 saturated heterocycles. The van der Waals surface area contributed by atoms with Crippen LogP contribution in [0.2, 0.25) is 0 Å². The molecule has 3 heteroatoms. The van der Waals surface area contributed by atoms with Crippen molar-refractivity contribution in [2.75, 3.05) is 0 Å². The molecule has 0 radical (unpaired) electrons. The molecule has 4 atom stereocenters. The van der Waals surface area contributed by atoms with E-state index in [1.54, 1.807) is 6.08 Å². The van der Waals surface area contributed by atoms with Crippen molar-refractivity contribution < 1.29 is 14.6 Å². The first-order chi connectivity index (χ1) is 7.98. The molecule has 0 aromatic carbocycles. The Morgan fingerprint density at radius 1 is 1.47 bits per heavy atom. The van der Waals surface area contributed by atoms with Gasteiger partial charge in [0.2, 0.25) is 0 Å². The van der Waals surface area contributed by atoms with Crippen molar-refractivity contribution in [1.82, 2.24) is 0 Å². The molecule has 2 bridgehead atoms. The van der Waals surface area contributed by atoms with Crippen LogP contribution in [0.3, 0.4) is 0 Å². The molecule has 0 aromatic heterocycles. The molecule has 4 rings (SSSR count). The van der Waals surface area contributed by atoms with Crippen molar-refractivity contribution in [3.63, 3.8) is 0 Å². The summed E-state index contributed by atoms with van der Waals surface area (Å²) in [5, 5.41) is 0. The molecule has 17 heavy (non-hydrogen) atoms. The van der Waals surface area contributed by atoms with Crippen molar-refractivity contribution >= 4 is 5.78 Å². The number of hydrogen-bond donors (Lipinski definition) is 0. The average Bonchev–Trinajstić information content (AvgIpc) is 2.43. The number of hydrogen-bond acceptors (Lipinski definition) is 3. The predicted molar refractivity (Wildman–Crippen MR) is 63.1 cm³/mol. The predicted octanol–water partition coefficient (Wildman–Crippen LogP) is 2.66. The first-order valence-corrected chi connectivity index (χ1v) is 6.56. The molecule has 2 aliphatic heterocycles. The second-order valence-corrected chi connectivity index (χ2v) is 6.35. The summed E-state index contributed by atoms with van der Waals surface area (Å²) >= 11 is 0. The lowest BCUT2D eigenvalue weighted by molar-refractivity contribution is -0.419. The highest BCUT2D eigenvalue weighted by molar-refractivity contribution is 5.94. The van der Waals surface area contributed by atoms with E-state index in [1.165, 1.54) is 0 Å². The van der Waals surface area contributed by atoms with E-state index in [0.717, 1.165) is 19.3 Å². The number of ketones is 1. The van der Waals surface area contributed by atoms with Gasteiger partial charge in [-0.25, -0.2) is 9.78 Å². The standard InChI is InChI=1S/C14H20O3/c1-9(2)10-4-6-13(3)8-12-11(15)5-7-14(10,13)17-16-12/h5,7,9-10,12H,4,6,8H2,1-3H3/t10-,12+,13-,14-/m1/s1. The minimum atomic E-state index is -0.391. The monoisotopic (exact) mass is 236 g/mol. The van der Waals surface area contributed by atoms with E-state index >= 15 is 0 Å². The lowest BCUT2D eigenvalue weighted by atomic mass is 9.68. The zero-order valence-corrected chi connectivity index (χ0v) is 10.7. The van der Waals surface area contributed by atoms with Crippen molar-refractivity contribution in [2.45, 2.75) is 51.7 Å². The van der Waals surface area contributed by atoms with Gasteiger partial charge in [0.05, 0.1) is 0 Å². The summed E-state index contributed by atoms with van der Waals surface area (Å²) in [6.45, 7) is 6.69. The molecular weight excluding hydrogens is 216 g/mol. The summed E-state index contributed by atoms with van der Waals surface area (Å²) in [4.78, 5) is 22.9. The third-order valence-electron chi connectivity index (χ3n) is 5.06. The van der Waals surface area contributed by atoms with Crippen molar-refractivity contribution in [3.8, 4) is 0 Å². The maximum atomic E-state index is 11.8. The number of carbonyl (C=O) groups excluding carboxylic acids is 1. The zero-order chi connectivity index (χ0) is 12.3. The molecule has 1 spiro atoms. The Hall–Kier alpha value is -0.670. The van der Waals surface area contributed by atoms with Gasteiger partial charge in [0, 0.05) is 5.41 Å². The van der Waals surface area contributed by atoms with Gasteiger partial charge >= 0.3 is 0 Å². The average molecular weight is 236 g/mol. The van der Waals surface area contributed by atoms with Gasteiger partial charge in [-0.1, -0.05) is 20.8 Å². The van der Waals surface area contributed by atoms with E-state index in [-0.39, 0.29) is 16.8 Å². The van der Waals surface area contributed by atoms with Crippen LogP contribution in [-0.2, 0) is 14.6 Å². The normalized spacial score (nSPS) is 48.6. The lowest BCUT2D eigenvalue weighted by Crippen LogP contribution is -2.53. The molecule has 3 nitrogen and oxygen atoms in total. The van der Waals surface area contributed by atoms with Crippen LogP contribution in [-0.4, -0.2) is 17.5 Å². The van der Waals surface area contributed by atoms with Gasteiger partial charge in [-0.3, -0.25) is 4.79 Å². The van der Waals surface area contributed by atoms with E-state index in [1.807, 2.05) is 6.08 Å². The van der Waals surface area contributed by atoms with Crippen LogP contribution in [0.15, 0.2) is 12.2 Å². The smallest absolute Gasteiger partial charge is 0.187 e. The summed E-state index contributed by atoms with van der Waals surface area (Å²) in [5.74, 6) is 1.03. The van der Waals surface area contributed by atoms with Crippen molar-refractivity contribution in [1.29, 1.82) is 0 Å². The Morgan fingerprint density at radius 3 is 2.94 bits per heavy atom. The molecule has 2 heterocycles. The van der Waals surface area contributed by atoms with E-state index in [2.05, 4.69) is 20.8 Å². The van der Waals surface area contributed by atoms with Gasteiger partial charge in [0.15, 0.2) is 11.9 Å². The second-order valence-electron chi connectivity index (χ2n) is 6.35. The Labute approximate surface area is 102 Å². The number of fused-ring (bicyclic) bond motifs is 2. The summed E-state index contributed by atoms with van der Waals surface area (Å²) in [6, 6.07) is 0. The van der Waals surface area contributed by atoms with Crippen LogP contribution >= 0.6 is 0 Å². The van der Waals surface area contributed by atoms with Crippen LogP contribution in [0, 0.1) is 17.3 Å². The summed E-state index contributed by atoms with van der Waals surface area (Å²) < 4.78 is 0. The third-order valence-corrected chi connectivity index (χ3v) is 5.06. The van der Waals surface area contributed by atoms with Crippen molar-refractivity contribution in [2.24, 2.45) is 17.3 Å². The molecule has 2 fully saturated rings. The minimum Gasteiger partial charge on any atom is -0.292 e. The fourth-order valence-corrected chi connectivity index (χ4v) is 3.98. The van der Waals surface area contributed by atoms with Crippen LogP contribution < -0.4 is 0 Å². The summed E-state index contributed by atoms with van der Waals surface area (Å²) in [6.07, 6.45) is 6.35. The quantitative estimate of drug-likeness (QED) is 0.657. The molecule has 94 valence electrons. The van der Waals surface area contributed by atoms with E-state index in [0.29, 0.717) is 11.8 Å².